The number of nitrogens with zero attached hydrogens (tertiary/aromatic N) is 2. The number of benzene rings is 2. The molecule has 24 heavy (non-hydrogen) atoms. The number of amidine groups is 1. The fourth-order valence-electron chi connectivity index (χ4n) is 2.79. The molecule has 1 aliphatic rings. The van der Waals surface area contributed by atoms with E-state index in [0.717, 1.165) is 43.0 Å². The summed E-state index contributed by atoms with van der Waals surface area (Å²) in [5.74, 6) is 0.837. The standard InChI is InChI=1S/C20H23N3O/c1-3-16-8-12-18(13-9-16)23(19-5-4-14-21-19)20(24)22-17-10-6-15(2)7-11-17/h6-13H,3-5,14H2,1-2H3,(H,22,24). The lowest BCUT2D eigenvalue weighted by Gasteiger charge is -2.23. The van der Waals surface area contributed by atoms with Gasteiger partial charge in [0.05, 0.1) is 5.69 Å². The maximum absolute atomic E-state index is 12.9. The maximum atomic E-state index is 12.9. The number of aliphatic imine (C=N–C) groups is 1. The van der Waals surface area contributed by atoms with E-state index in [4.69, 9.17) is 0 Å². The minimum atomic E-state index is -0.163. The van der Waals surface area contributed by atoms with Gasteiger partial charge in [-0.15, -0.1) is 0 Å². The molecule has 1 heterocycles. The average molecular weight is 321 g/mol. The summed E-state index contributed by atoms with van der Waals surface area (Å²) in [7, 11) is 0. The second-order valence-electron chi connectivity index (χ2n) is 6.05. The molecule has 0 saturated carbocycles. The van der Waals surface area contributed by atoms with E-state index in [1.165, 1.54) is 11.1 Å². The van der Waals surface area contributed by atoms with Crippen molar-refractivity contribution in [3.63, 3.8) is 0 Å². The summed E-state index contributed by atoms with van der Waals surface area (Å²) < 4.78 is 0. The van der Waals surface area contributed by atoms with Gasteiger partial charge >= 0.3 is 6.03 Å². The number of carbonyl (C=O) groups excluding carboxylic acids is 1. The fraction of sp³-hybridized carbons (Fsp3) is 0.300. The number of hydrogen-bond acceptors (Lipinski definition) is 2. The Morgan fingerprint density at radius 2 is 1.83 bits per heavy atom. The van der Waals surface area contributed by atoms with Crippen molar-refractivity contribution in [1.82, 2.24) is 0 Å². The van der Waals surface area contributed by atoms with E-state index in [0.29, 0.717) is 0 Å². The molecule has 2 aromatic carbocycles. The molecule has 0 bridgehead atoms. The summed E-state index contributed by atoms with van der Waals surface area (Å²) in [6, 6.07) is 15.8. The lowest BCUT2D eigenvalue weighted by molar-refractivity contribution is 0.259. The van der Waals surface area contributed by atoms with Crippen LogP contribution in [0.25, 0.3) is 0 Å². The third-order valence-electron chi connectivity index (χ3n) is 4.22. The van der Waals surface area contributed by atoms with Gasteiger partial charge in [-0.25, -0.2) is 4.79 Å². The van der Waals surface area contributed by atoms with Crippen LogP contribution < -0.4 is 10.2 Å². The van der Waals surface area contributed by atoms with Crippen LogP contribution >= 0.6 is 0 Å². The van der Waals surface area contributed by atoms with Gasteiger partial charge in [0.15, 0.2) is 0 Å². The zero-order chi connectivity index (χ0) is 16.9. The van der Waals surface area contributed by atoms with E-state index in [-0.39, 0.29) is 6.03 Å². The number of carbonyl (C=O) groups is 1. The number of hydrogen-bond donors (Lipinski definition) is 1. The molecule has 1 aliphatic heterocycles. The number of urea groups is 1. The van der Waals surface area contributed by atoms with Crippen LogP contribution in [0.2, 0.25) is 0 Å². The van der Waals surface area contributed by atoms with Gasteiger partial charge in [0.2, 0.25) is 0 Å². The molecule has 124 valence electrons. The summed E-state index contributed by atoms with van der Waals surface area (Å²) in [5.41, 5.74) is 4.07. The van der Waals surface area contributed by atoms with Gasteiger partial charge < -0.3 is 5.32 Å². The van der Waals surface area contributed by atoms with E-state index >= 15 is 0 Å². The molecule has 0 radical (unpaired) electrons. The number of anilines is 2. The Bertz CT molecular complexity index is 732. The van der Waals surface area contributed by atoms with Crippen LogP contribution in [0.1, 0.15) is 30.9 Å². The average Bonchev–Trinajstić information content (AvgIpc) is 3.12. The highest BCUT2D eigenvalue weighted by Crippen LogP contribution is 2.22. The number of rotatable bonds is 3. The van der Waals surface area contributed by atoms with Crippen molar-refractivity contribution >= 4 is 23.2 Å². The van der Waals surface area contributed by atoms with Gasteiger partial charge in [0.25, 0.3) is 0 Å². The van der Waals surface area contributed by atoms with Gasteiger partial charge in [-0.05, 0) is 49.6 Å². The van der Waals surface area contributed by atoms with E-state index < -0.39 is 0 Å². The molecular formula is C20H23N3O. The molecule has 3 rings (SSSR count). The molecule has 0 unspecified atom stereocenters. The van der Waals surface area contributed by atoms with Gasteiger partial charge in [-0.2, -0.15) is 0 Å². The summed E-state index contributed by atoms with van der Waals surface area (Å²) in [6.07, 6.45) is 2.81. The van der Waals surface area contributed by atoms with Crippen LogP contribution in [-0.2, 0) is 6.42 Å². The van der Waals surface area contributed by atoms with Crippen LogP contribution in [0.5, 0.6) is 0 Å². The predicted molar refractivity (Wildman–Crippen MR) is 100 cm³/mol. The van der Waals surface area contributed by atoms with E-state index in [2.05, 4.69) is 29.4 Å². The highest BCUT2D eigenvalue weighted by molar-refractivity contribution is 6.20. The molecule has 0 saturated heterocycles. The van der Waals surface area contributed by atoms with Crippen molar-refractivity contribution in [3.8, 4) is 0 Å². The fourth-order valence-corrected chi connectivity index (χ4v) is 2.79. The molecule has 2 aromatic rings. The summed E-state index contributed by atoms with van der Waals surface area (Å²) in [6.45, 7) is 4.94. The Morgan fingerprint density at radius 1 is 1.12 bits per heavy atom. The zero-order valence-corrected chi connectivity index (χ0v) is 14.2. The van der Waals surface area contributed by atoms with E-state index in [1.807, 2.05) is 43.3 Å². The Balaban J connectivity index is 1.86. The number of amides is 2. The van der Waals surface area contributed by atoms with E-state index in [9.17, 15) is 4.79 Å². The van der Waals surface area contributed by atoms with Crippen molar-refractivity contribution in [2.75, 3.05) is 16.8 Å². The molecule has 2 amide bonds. The quantitative estimate of drug-likeness (QED) is 0.868. The molecular weight excluding hydrogens is 298 g/mol. The minimum Gasteiger partial charge on any atom is -0.307 e. The van der Waals surface area contributed by atoms with Gasteiger partial charge in [-0.1, -0.05) is 36.8 Å². The molecule has 0 atom stereocenters. The van der Waals surface area contributed by atoms with E-state index in [1.54, 1.807) is 4.90 Å². The second kappa shape index (κ2) is 7.30. The Hall–Kier alpha value is -2.62. The molecule has 4 nitrogen and oxygen atoms in total. The minimum absolute atomic E-state index is 0.163. The first-order valence-electron chi connectivity index (χ1n) is 8.47. The summed E-state index contributed by atoms with van der Waals surface area (Å²) in [5, 5.41) is 2.98. The maximum Gasteiger partial charge on any atom is 0.331 e. The first-order chi connectivity index (χ1) is 11.7. The Morgan fingerprint density at radius 3 is 2.42 bits per heavy atom. The first-order valence-corrected chi connectivity index (χ1v) is 8.47. The third-order valence-corrected chi connectivity index (χ3v) is 4.22. The van der Waals surface area contributed by atoms with Crippen LogP contribution in [0.3, 0.4) is 0 Å². The van der Waals surface area contributed by atoms with Crippen LogP contribution in [0, 0.1) is 6.92 Å². The van der Waals surface area contributed by atoms with Gasteiger partial charge in [0.1, 0.15) is 5.84 Å². The highest BCUT2D eigenvalue weighted by Gasteiger charge is 2.23. The zero-order valence-electron chi connectivity index (χ0n) is 14.2. The van der Waals surface area contributed by atoms with Crippen LogP contribution in [-0.4, -0.2) is 18.4 Å². The monoisotopic (exact) mass is 321 g/mol. The second-order valence-corrected chi connectivity index (χ2v) is 6.05. The summed E-state index contributed by atoms with van der Waals surface area (Å²) >= 11 is 0. The van der Waals surface area contributed by atoms with Gasteiger partial charge in [-0.3, -0.25) is 9.89 Å². The van der Waals surface area contributed by atoms with Crippen LogP contribution in [0.4, 0.5) is 16.2 Å². The largest absolute Gasteiger partial charge is 0.331 e. The molecule has 0 spiro atoms. The Kier molecular flexibility index (Phi) is 4.94. The molecule has 4 heteroatoms. The molecule has 1 N–H and O–H groups in total. The van der Waals surface area contributed by atoms with Crippen molar-refractivity contribution in [3.05, 3.63) is 59.7 Å². The van der Waals surface area contributed by atoms with Crippen molar-refractivity contribution < 1.29 is 4.79 Å². The Labute approximate surface area is 143 Å². The number of nitrogens with one attached hydrogen (secondary N) is 1. The van der Waals surface area contributed by atoms with Crippen molar-refractivity contribution in [1.29, 1.82) is 0 Å². The SMILES string of the molecule is CCc1ccc(N(C(=O)Nc2ccc(C)cc2)C2=NCCC2)cc1. The molecule has 0 fully saturated rings. The smallest absolute Gasteiger partial charge is 0.307 e. The highest BCUT2D eigenvalue weighted by atomic mass is 16.2. The topological polar surface area (TPSA) is 44.7 Å². The van der Waals surface area contributed by atoms with Crippen molar-refractivity contribution in [2.45, 2.75) is 33.1 Å². The van der Waals surface area contributed by atoms with Gasteiger partial charge in [0, 0.05) is 18.7 Å². The first kappa shape index (κ1) is 16.2. The number of aryl methyl sites for hydroxylation is 2. The van der Waals surface area contributed by atoms with Crippen LogP contribution in [0.15, 0.2) is 53.5 Å². The normalized spacial score (nSPS) is 13.5. The molecule has 0 aromatic heterocycles. The third kappa shape index (κ3) is 3.65. The summed E-state index contributed by atoms with van der Waals surface area (Å²) in [4.78, 5) is 19.1. The lowest BCUT2D eigenvalue weighted by atomic mass is 10.1. The van der Waals surface area contributed by atoms with Crippen molar-refractivity contribution in [2.24, 2.45) is 4.99 Å². The predicted octanol–water partition coefficient (Wildman–Crippen LogP) is 4.79. The molecule has 0 aliphatic carbocycles. The lowest BCUT2D eigenvalue weighted by Crippen LogP contribution is -2.39.